The molecule has 2 aliphatic rings. The number of hydrazine groups is 1. The molecule has 7 aromatic carbocycles. The summed E-state index contributed by atoms with van der Waals surface area (Å²) in [6.07, 6.45) is 0. The van der Waals surface area contributed by atoms with Gasteiger partial charge in [0.15, 0.2) is 0 Å². The molecule has 244 valence electrons. The van der Waals surface area contributed by atoms with E-state index in [2.05, 4.69) is 184 Å². The summed E-state index contributed by atoms with van der Waals surface area (Å²) in [7, 11) is -1.61. The van der Waals surface area contributed by atoms with Crippen molar-refractivity contribution in [1.82, 2.24) is 4.83 Å². The van der Waals surface area contributed by atoms with E-state index >= 15 is 0 Å². The van der Waals surface area contributed by atoms with Gasteiger partial charge in [-0.15, -0.1) is 11.3 Å². The van der Waals surface area contributed by atoms with Crippen LogP contribution in [0.15, 0.2) is 188 Å². The van der Waals surface area contributed by atoms with Crippen LogP contribution >= 0.6 is 11.3 Å². The first kappa shape index (κ1) is 31.3. The summed E-state index contributed by atoms with van der Waals surface area (Å²) in [5.74, 6) is 0. The van der Waals surface area contributed by atoms with E-state index in [1.165, 1.54) is 25.7 Å². The van der Waals surface area contributed by atoms with Crippen LogP contribution in [0.1, 0.15) is 0 Å². The largest absolute Gasteiger partial charge is 0.497 e. The van der Waals surface area contributed by atoms with Crippen LogP contribution in [0.3, 0.4) is 0 Å². The van der Waals surface area contributed by atoms with E-state index < -0.39 is 21.4 Å². The van der Waals surface area contributed by atoms with Crippen molar-refractivity contribution in [3.05, 3.63) is 188 Å². The summed E-state index contributed by atoms with van der Waals surface area (Å²) < 4.78 is 19.2. The zero-order valence-electron chi connectivity index (χ0n) is 28.3. The predicted molar refractivity (Wildman–Crippen MR) is 221 cm³/mol. The van der Waals surface area contributed by atoms with Crippen molar-refractivity contribution in [2.24, 2.45) is 0 Å². The summed E-state index contributed by atoms with van der Waals surface area (Å²) in [4.78, 5) is 4.65. The standard InChI is InChI=1S/C42H31B4N3O2S/c1-5-18-33(19-6-1)43-47(36-23-9-3-10-24-36)46-49(48(43)37-25-11-4-12-26-37)44(50-45(51-46)34-20-7-2-8-21-34)35-22-15-17-32(31-35)38-28-16-29-40-39-27-13-14-30-41(39)52-42(38)40/h1-31H. The number of benzene rings is 7. The minimum atomic E-state index is -0.611. The van der Waals surface area contributed by atoms with Crippen LogP contribution < -0.4 is 26.0 Å². The summed E-state index contributed by atoms with van der Waals surface area (Å²) in [5.41, 5.74) is 7.64. The molecule has 0 atom stereocenters. The van der Waals surface area contributed by atoms with E-state index in [1.807, 2.05) is 29.5 Å². The zero-order valence-corrected chi connectivity index (χ0v) is 29.1. The lowest BCUT2D eigenvalue weighted by Crippen LogP contribution is -2.71. The molecule has 0 unspecified atom stereocenters. The normalized spacial score (nSPS) is 14.8. The Morgan fingerprint density at radius 2 is 1.08 bits per heavy atom. The molecule has 0 amide bonds. The van der Waals surface area contributed by atoms with Crippen LogP contribution in [0.4, 0.5) is 11.4 Å². The highest BCUT2D eigenvalue weighted by Gasteiger charge is 2.62. The molecule has 52 heavy (non-hydrogen) atoms. The van der Waals surface area contributed by atoms with Crippen molar-refractivity contribution in [2.45, 2.75) is 0 Å². The Bertz CT molecular complexity index is 2490. The van der Waals surface area contributed by atoms with Crippen LogP contribution in [0.25, 0.3) is 31.3 Å². The van der Waals surface area contributed by atoms with Gasteiger partial charge in [-0.3, -0.25) is 0 Å². The van der Waals surface area contributed by atoms with Crippen molar-refractivity contribution >= 4 is 87.6 Å². The highest BCUT2D eigenvalue weighted by atomic mass is 32.1. The molecule has 8 aromatic rings. The molecule has 2 saturated heterocycles. The van der Waals surface area contributed by atoms with Gasteiger partial charge < -0.3 is 18.8 Å². The number of para-hydroxylation sites is 2. The molecule has 5 nitrogen and oxygen atoms in total. The molecule has 0 aliphatic carbocycles. The second-order valence-electron chi connectivity index (χ2n) is 13.2. The lowest BCUT2D eigenvalue weighted by molar-refractivity contribution is 0.360. The van der Waals surface area contributed by atoms with Crippen LogP contribution in [-0.2, 0) is 9.14 Å². The average Bonchev–Trinajstić information content (AvgIpc) is 3.78. The maximum Gasteiger partial charge on any atom is 0.497 e. The van der Waals surface area contributed by atoms with Crippen molar-refractivity contribution in [1.29, 1.82) is 0 Å². The fraction of sp³-hybridized carbons (Fsp3) is 0. The maximum absolute atomic E-state index is 7.16. The minimum Gasteiger partial charge on any atom is -0.454 e. The van der Waals surface area contributed by atoms with Crippen molar-refractivity contribution < 1.29 is 9.14 Å². The van der Waals surface area contributed by atoms with Gasteiger partial charge in [0.25, 0.3) is 0 Å². The highest BCUT2D eigenvalue weighted by Crippen LogP contribution is 2.40. The third-order valence-corrected chi connectivity index (χ3v) is 11.3. The van der Waals surface area contributed by atoms with Gasteiger partial charge in [-0.2, -0.15) is 0 Å². The van der Waals surface area contributed by atoms with Crippen LogP contribution in [-0.4, -0.2) is 33.2 Å². The van der Waals surface area contributed by atoms with E-state index in [0.717, 1.165) is 33.3 Å². The van der Waals surface area contributed by atoms with Crippen molar-refractivity contribution in [3.8, 4) is 11.1 Å². The lowest BCUT2D eigenvalue weighted by atomic mass is 9.57. The fourth-order valence-electron chi connectivity index (χ4n) is 7.76. The molecule has 1 aromatic heterocycles. The summed E-state index contributed by atoms with van der Waals surface area (Å²) in [5, 5.41) is 2.58. The Hall–Kier alpha value is -5.50. The Morgan fingerprint density at radius 3 is 1.83 bits per heavy atom. The number of nitrogens with zero attached hydrogens (tertiary/aromatic N) is 3. The molecule has 0 saturated carbocycles. The third-order valence-electron chi connectivity index (χ3n) is 10.1. The van der Waals surface area contributed by atoms with Gasteiger partial charge >= 0.3 is 28.3 Å². The van der Waals surface area contributed by atoms with E-state index in [4.69, 9.17) is 9.14 Å². The SMILES string of the molecule is c1ccc(B2OB(c3cccc(-c4cccc5c4sc4ccccc45)c3)N3B(O2)N(c2ccccc2)B(c2ccccc2)N3c2ccccc2)cc1. The number of hydrogen-bond acceptors (Lipinski definition) is 6. The molecule has 0 spiro atoms. The number of anilines is 2. The second kappa shape index (κ2) is 13.2. The van der Waals surface area contributed by atoms with Crippen LogP contribution in [0, 0.1) is 0 Å². The Kier molecular flexibility index (Phi) is 7.96. The maximum atomic E-state index is 7.16. The van der Waals surface area contributed by atoms with Gasteiger partial charge in [0.05, 0.1) is 0 Å². The van der Waals surface area contributed by atoms with E-state index in [0.29, 0.717) is 0 Å². The van der Waals surface area contributed by atoms with Crippen LogP contribution in [0.2, 0.25) is 0 Å². The van der Waals surface area contributed by atoms with Crippen molar-refractivity contribution in [3.63, 3.8) is 0 Å². The first-order valence-corrected chi connectivity index (χ1v) is 18.5. The predicted octanol–water partition coefficient (Wildman–Crippen LogP) is 7.48. The second-order valence-corrected chi connectivity index (χ2v) is 14.2. The van der Waals surface area contributed by atoms with Gasteiger partial charge in [-0.25, -0.2) is 4.83 Å². The molecule has 0 radical (unpaired) electrons. The van der Waals surface area contributed by atoms with Gasteiger partial charge in [-0.1, -0.05) is 158 Å². The molecule has 10 heteroatoms. The molecule has 0 N–H and O–H groups in total. The Morgan fingerprint density at radius 1 is 0.481 bits per heavy atom. The zero-order chi connectivity index (χ0) is 34.4. The Labute approximate surface area is 309 Å². The number of fused-ring (bicyclic) bond motifs is 4. The summed E-state index contributed by atoms with van der Waals surface area (Å²) in [6, 6.07) is 66.4. The van der Waals surface area contributed by atoms with E-state index in [-0.39, 0.29) is 6.98 Å². The molecular formula is C42H31B4N3O2S. The van der Waals surface area contributed by atoms with Gasteiger partial charge in [-0.05, 0) is 57.8 Å². The van der Waals surface area contributed by atoms with Gasteiger partial charge in [0, 0.05) is 31.5 Å². The highest BCUT2D eigenvalue weighted by molar-refractivity contribution is 7.26. The molecule has 3 heterocycles. The van der Waals surface area contributed by atoms with Gasteiger partial charge in [0.2, 0.25) is 0 Å². The third kappa shape index (κ3) is 5.35. The number of hydrogen-bond donors (Lipinski definition) is 0. The molecule has 2 aliphatic heterocycles. The smallest absolute Gasteiger partial charge is 0.454 e. The molecular weight excluding hydrogens is 654 g/mol. The lowest BCUT2D eigenvalue weighted by Gasteiger charge is -2.42. The topological polar surface area (TPSA) is 28.2 Å². The van der Waals surface area contributed by atoms with Crippen LogP contribution in [0.5, 0.6) is 0 Å². The first-order chi connectivity index (χ1) is 25.8. The van der Waals surface area contributed by atoms with Crippen molar-refractivity contribution in [2.75, 3.05) is 9.64 Å². The summed E-state index contributed by atoms with van der Waals surface area (Å²) in [6.45, 7) is -0.230. The van der Waals surface area contributed by atoms with Gasteiger partial charge in [0.1, 0.15) is 0 Å². The molecule has 0 bridgehead atoms. The average molecular weight is 685 g/mol. The summed E-state index contributed by atoms with van der Waals surface area (Å²) >= 11 is 1.85. The number of thiophene rings is 1. The fourth-order valence-corrected chi connectivity index (χ4v) is 9.00. The minimum absolute atomic E-state index is 0.230. The Balaban J connectivity index is 1.18. The monoisotopic (exact) mass is 685 g/mol. The van der Waals surface area contributed by atoms with E-state index in [9.17, 15) is 0 Å². The quantitative estimate of drug-likeness (QED) is 0.170. The molecule has 10 rings (SSSR count). The first-order valence-electron chi connectivity index (χ1n) is 17.7. The van der Waals surface area contributed by atoms with E-state index in [1.54, 1.807) is 0 Å². The molecule has 2 fully saturated rings. The number of rotatable bonds is 6.